The smallest absolute Gasteiger partial charge is 0.371 e. The number of hydrogen-bond acceptors (Lipinski definition) is 4. The summed E-state index contributed by atoms with van der Waals surface area (Å²) in [5.74, 6) is -0.456. The van der Waals surface area contributed by atoms with Crippen LogP contribution in [-0.2, 0) is 0 Å². The zero-order valence-electron chi connectivity index (χ0n) is 9.01. The van der Waals surface area contributed by atoms with Gasteiger partial charge in [-0.1, -0.05) is 11.8 Å². The van der Waals surface area contributed by atoms with Gasteiger partial charge in [-0.3, -0.25) is 0 Å². The summed E-state index contributed by atoms with van der Waals surface area (Å²) < 4.78 is 5.08. The van der Waals surface area contributed by atoms with Crippen LogP contribution in [0.25, 0.3) is 0 Å². The Bertz CT molecular complexity index is 432. The third kappa shape index (κ3) is 2.94. The molecule has 1 aromatic rings. The summed E-state index contributed by atoms with van der Waals surface area (Å²) in [5.41, 5.74) is 0. The molecule has 17 heavy (non-hydrogen) atoms. The molecule has 2 amide bonds. The normalized spacial score (nSPS) is 15.1. The van der Waals surface area contributed by atoms with Gasteiger partial charge in [0.1, 0.15) is 0 Å². The lowest BCUT2D eigenvalue weighted by atomic mass is 10.5. The summed E-state index contributed by atoms with van der Waals surface area (Å²) >= 11 is 1.40. The number of rotatable bonds is 5. The first-order valence-electron chi connectivity index (χ1n) is 5.15. The second-order valence-corrected chi connectivity index (χ2v) is 4.59. The molecule has 0 unspecified atom stereocenters. The lowest BCUT2D eigenvalue weighted by molar-refractivity contribution is 0.0656. The Morgan fingerprint density at radius 1 is 1.59 bits per heavy atom. The largest absolute Gasteiger partial charge is 0.475 e. The van der Waals surface area contributed by atoms with Crippen molar-refractivity contribution in [3.8, 4) is 0 Å². The van der Waals surface area contributed by atoms with Crippen molar-refractivity contribution in [2.45, 2.75) is 5.09 Å². The molecular weight excluding hydrogens is 244 g/mol. The van der Waals surface area contributed by atoms with Gasteiger partial charge >= 0.3 is 12.0 Å². The van der Waals surface area contributed by atoms with E-state index in [1.54, 1.807) is 11.0 Å². The summed E-state index contributed by atoms with van der Waals surface area (Å²) in [4.78, 5) is 23.5. The highest BCUT2D eigenvalue weighted by Gasteiger charge is 2.18. The Morgan fingerprint density at radius 3 is 3.00 bits per heavy atom. The third-order valence-corrected chi connectivity index (χ3v) is 3.23. The van der Waals surface area contributed by atoms with E-state index in [4.69, 9.17) is 9.52 Å². The monoisotopic (exact) mass is 256 g/mol. The van der Waals surface area contributed by atoms with Gasteiger partial charge in [-0.25, -0.2) is 9.59 Å². The first-order chi connectivity index (χ1) is 8.16. The summed E-state index contributed by atoms with van der Waals surface area (Å²) in [6, 6.07) is 3.00. The molecule has 1 saturated heterocycles. The molecule has 7 heteroatoms. The Hall–Kier alpha value is -1.63. The number of nitrogens with zero attached hydrogens (tertiary/aromatic N) is 1. The van der Waals surface area contributed by atoms with Crippen LogP contribution in [0.2, 0.25) is 0 Å². The SMILES string of the molecule is O=C(O)c1ccc(SCCN2CCNC2=O)o1. The molecule has 0 atom stereocenters. The van der Waals surface area contributed by atoms with Crippen molar-refractivity contribution in [1.29, 1.82) is 0 Å². The molecule has 6 nitrogen and oxygen atoms in total. The van der Waals surface area contributed by atoms with E-state index in [9.17, 15) is 9.59 Å². The summed E-state index contributed by atoms with van der Waals surface area (Å²) in [5, 5.41) is 11.9. The number of aromatic carboxylic acids is 1. The van der Waals surface area contributed by atoms with Crippen LogP contribution in [0.5, 0.6) is 0 Å². The minimum Gasteiger partial charge on any atom is -0.475 e. The number of thioether (sulfide) groups is 1. The molecular formula is C10H12N2O4S. The van der Waals surface area contributed by atoms with E-state index >= 15 is 0 Å². The quantitative estimate of drug-likeness (QED) is 0.771. The lowest BCUT2D eigenvalue weighted by Gasteiger charge is -2.12. The predicted molar refractivity (Wildman–Crippen MR) is 61.4 cm³/mol. The topological polar surface area (TPSA) is 82.8 Å². The molecule has 0 aliphatic carbocycles. The average Bonchev–Trinajstić information content (AvgIpc) is 2.89. The number of carboxylic acids is 1. The fraction of sp³-hybridized carbons (Fsp3) is 0.400. The molecule has 0 spiro atoms. The van der Waals surface area contributed by atoms with Gasteiger partial charge in [0.2, 0.25) is 5.76 Å². The van der Waals surface area contributed by atoms with Crippen LogP contribution in [0.15, 0.2) is 21.6 Å². The van der Waals surface area contributed by atoms with Crippen molar-refractivity contribution in [3.63, 3.8) is 0 Å². The number of hydrogen-bond donors (Lipinski definition) is 2. The van der Waals surface area contributed by atoms with Crippen molar-refractivity contribution in [1.82, 2.24) is 10.2 Å². The number of carboxylic acid groups (broad SMARTS) is 1. The van der Waals surface area contributed by atoms with Gasteiger partial charge in [-0.05, 0) is 12.1 Å². The Kier molecular flexibility index (Phi) is 3.58. The summed E-state index contributed by atoms with van der Waals surface area (Å²) in [6.45, 7) is 2.03. The van der Waals surface area contributed by atoms with Crippen molar-refractivity contribution < 1.29 is 19.1 Å². The highest BCUT2D eigenvalue weighted by molar-refractivity contribution is 7.99. The van der Waals surface area contributed by atoms with Gasteiger partial charge in [-0.15, -0.1) is 0 Å². The Balaban J connectivity index is 1.77. The number of furan rings is 1. The van der Waals surface area contributed by atoms with Crippen LogP contribution >= 0.6 is 11.8 Å². The maximum absolute atomic E-state index is 11.2. The Morgan fingerprint density at radius 2 is 2.41 bits per heavy atom. The molecule has 0 bridgehead atoms. The van der Waals surface area contributed by atoms with Crippen molar-refractivity contribution >= 4 is 23.8 Å². The second kappa shape index (κ2) is 5.13. The number of urea groups is 1. The summed E-state index contributed by atoms with van der Waals surface area (Å²) in [6.07, 6.45) is 0. The first kappa shape index (κ1) is 11.8. The van der Waals surface area contributed by atoms with Gasteiger partial charge in [0.15, 0.2) is 5.09 Å². The maximum atomic E-state index is 11.2. The molecule has 1 aliphatic heterocycles. The molecule has 2 N–H and O–H groups in total. The molecule has 92 valence electrons. The average molecular weight is 256 g/mol. The van der Waals surface area contributed by atoms with Crippen molar-refractivity contribution in [2.24, 2.45) is 0 Å². The number of nitrogens with one attached hydrogen (secondary N) is 1. The molecule has 1 fully saturated rings. The van der Waals surface area contributed by atoms with E-state index in [-0.39, 0.29) is 11.8 Å². The zero-order chi connectivity index (χ0) is 12.3. The fourth-order valence-corrected chi connectivity index (χ4v) is 2.32. The number of amides is 2. The van der Waals surface area contributed by atoms with E-state index in [2.05, 4.69) is 5.32 Å². The van der Waals surface area contributed by atoms with E-state index in [1.165, 1.54) is 17.8 Å². The molecule has 0 aromatic carbocycles. The van der Waals surface area contributed by atoms with E-state index in [0.717, 1.165) is 6.54 Å². The van der Waals surface area contributed by atoms with Gasteiger partial charge in [0, 0.05) is 25.4 Å². The van der Waals surface area contributed by atoms with Crippen LogP contribution in [0.1, 0.15) is 10.6 Å². The van der Waals surface area contributed by atoms with Crippen molar-refractivity contribution in [2.75, 3.05) is 25.4 Å². The van der Waals surface area contributed by atoms with Crippen LogP contribution in [0.3, 0.4) is 0 Å². The van der Waals surface area contributed by atoms with E-state index in [0.29, 0.717) is 23.9 Å². The lowest BCUT2D eigenvalue weighted by Crippen LogP contribution is -2.29. The maximum Gasteiger partial charge on any atom is 0.371 e. The number of carbonyl (C=O) groups excluding carboxylic acids is 1. The second-order valence-electron chi connectivity index (χ2n) is 3.49. The van der Waals surface area contributed by atoms with Crippen LogP contribution in [0, 0.1) is 0 Å². The molecule has 1 aromatic heterocycles. The molecule has 0 saturated carbocycles. The van der Waals surface area contributed by atoms with Crippen molar-refractivity contribution in [3.05, 3.63) is 17.9 Å². The summed E-state index contributed by atoms with van der Waals surface area (Å²) in [7, 11) is 0. The molecule has 0 radical (unpaired) electrons. The number of carbonyl (C=O) groups is 2. The molecule has 2 rings (SSSR count). The molecule has 1 aliphatic rings. The van der Waals surface area contributed by atoms with Gasteiger partial charge in [0.25, 0.3) is 0 Å². The third-order valence-electron chi connectivity index (χ3n) is 2.34. The van der Waals surface area contributed by atoms with Gasteiger partial charge in [0.05, 0.1) is 0 Å². The minimum absolute atomic E-state index is 0.0451. The van der Waals surface area contributed by atoms with E-state index < -0.39 is 5.97 Å². The molecule has 2 heterocycles. The predicted octanol–water partition coefficient (Wildman–Crippen LogP) is 1.10. The standard InChI is InChI=1S/C10H12N2O4S/c13-9(14)7-1-2-8(16-7)17-6-5-12-4-3-11-10(12)15/h1-2H,3-6H2,(H,11,15)(H,13,14). The zero-order valence-corrected chi connectivity index (χ0v) is 9.83. The minimum atomic E-state index is -1.07. The highest BCUT2D eigenvalue weighted by atomic mass is 32.2. The van der Waals surface area contributed by atoms with Crippen LogP contribution in [0.4, 0.5) is 4.79 Å². The fourth-order valence-electron chi connectivity index (χ4n) is 1.49. The van der Waals surface area contributed by atoms with Crippen LogP contribution < -0.4 is 5.32 Å². The van der Waals surface area contributed by atoms with Gasteiger partial charge in [-0.2, -0.15) is 0 Å². The first-order valence-corrected chi connectivity index (χ1v) is 6.14. The Labute approximate surface area is 102 Å². The highest BCUT2D eigenvalue weighted by Crippen LogP contribution is 2.21. The van der Waals surface area contributed by atoms with Gasteiger partial charge < -0.3 is 19.7 Å². The van der Waals surface area contributed by atoms with E-state index in [1.807, 2.05) is 0 Å². The van der Waals surface area contributed by atoms with Crippen LogP contribution in [-0.4, -0.2) is 47.4 Å².